The van der Waals surface area contributed by atoms with Gasteiger partial charge in [-0.1, -0.05) is 15.9 Å². The van der Waals surface area contributed by atoms with Crippen molar-refractivity contribution in [3.63, 3.8) is 0 Å². The minimum atomic E-state index is -0.834. The standard InChI is InChI=1S/C14H7BrF2N2O/c15-9-2-4-13(12(17)6-9)19-14(20)10-3-1-8(7-18)5-11(10)16/h1-6H,(H,19,20). The van der Waals surface area contributed by atoms with Crippen LogP contribution >= 0.6 is 15.9 Å². The van der Waals surface area contributed by atoms with Gasteiger partial charge in [-0.3, -0.25) is 4.79 Å². The van der Waals surface area contributed by atoms with E-state index in [9.17, 15) is 13.6 Å². The number of hydrogen-bond donors (Lipinski definition) is 1. The molecule has 1 amide bonds. The first-order valence-electron chi connectivity index (χ1n) is 5.47. The first-order chi connectivity index (χ1) is 9.51. The molecule has 0 saturated carbocycles. The molecule has 0 bridgehead atoms. The number of nitrogens with one attached hydrogen (secondary N) is 1. The first-order valence-corrected chi connectivity index (χ1v) is 6.26. The zero-order valence-electron chi connectivity index (χ0n) is 9.95. The molecule has 3 nitrogen and oxygen atoms in total. The number of carbonyl (C=O) groups excluding carboxylic acids is 1. The predicted molar refractivity (Wildman–Crippen MR) is 73.2 cm³/mol. The number of benzene rings is 2. The van der Waals surface area contributed by atoms with E-state index in [0.717, 1.165) is 6.07 Å². The van der Waals surface area contributed by atoms with Gasteiger partial charge in [0, 0.05) is 4.47 Å². The minimum absolute atomic E-state index is 0.0537. The van der Waals surface area contributed by atoms with Crippen molar-refractivity contribution >= 4 is 27.5 Å². The summed E-state index contributed by atoms with van der Waals surface area (Å²) in [5, 5.41) is 10.9. The van der Waals surface area contributed by atoms with Crippen LogP contribution in [-0.2, 0) is 0 Å². The zero-order valence-corrected chi connectivity index (χ0v) is 11.5. The number of rotatable bonds is 2. The summed E-state index contributed by atoms with van der Waals surface area (Å²) >= 11 is 3.09. The average Bonchev–Trinajstić information content (AvgIpc) is 2.41. The Morgan fingerprint density at radius 3 is 2.50 bits per heavy atom. The molecule has 0 aliphatic rings. The topological polar surface area (TPSA) is 52.9 Å². The lowest BCUT2D eigenvalue weighted by molar-refractivity contribution is 0.102. The van der Waals surface area contributed by atoms with Gasteiger partial charge in [-0.25, -0.2) is 8.78 Å². The Labute approximate surface area is 122 Å². The number of anilines is 1. The van der Waals surface area contributed by atoms with Crippen LogP contribution in [0.2, 0.25) is 0 Å². The van der Waals surface area contributed by atoms with Crippen molar-refractivity contribution in [3.05, 3.63) is 63.6 Å². The van der Waals surface area contributed by atoms with Crippen molar-refractivity contribution in [3.8, 4) is 6.07 Å². The Morgan fingerprint density at radius 2 is 1.90 bits per heavy atom. The maximum Gasteiger partial charge on any atom is 0.258 e. The summed E-state index contributed by atoms with van der Waals surface area (Å²) in [6.45, 7) is 0. The van der Waals surface area contributed by atoms with Crippen molar-refractivity contribution in [1.29, 1.82) is 5.26 Å². The van der Waals surface area contributed by atoms with Gasteiger partial charge in [0.25, 0.3) is 5.91 Å². The molecule has 0 aromatic heterocycles. The zero-order chi connectivity index (χ0) is 14.7. The fourth-order valence-electron chi connectivity index (χ4n) is 1.55. The molecule has 0 unspecified atom stereocenters. The molecular formula is C14H7BrF2N2O. The van der Waals surface area contributed by atoms with Gasteiger partial charge in [0.05, 0.1) is 22.9 Å². The molecule has 0 heterocycles. The van der Waals surface area contributed by atoms with Crippen LogP contribution in [0, 0.1) is 23.0 Å². The SMILES string of the molecule is N#Cc1ccc(C(=O)Nc2ccc(Br)cc2F)c(F)c1. The fraction of sp³-hybridized carbons (Fsp3) is 0. The number of amides is 1. The lowest BCUT2D eigenvalue weighted by atomic mass is 10.1. The number of carbonyl (C=O) groups is 1. The van der Waals surface area contributed by atoms with Crippen molar-refractivity contribution in [2.24, 2.45) is 0 Å². The van der Waals surface area contributed by atoms with Gasteiger partial charge in [-0.2, -0.15) is 5.26 Å². The molecule has 0 radical (unpaired) electrons. The van der Waals surface area contributed by atoms with E-state index < -0.39 is 17.5 Å². The smallest absolute Gasteiger partial charge is 0.258 e. The second-order valence-electron chi connectivity index (χ2n) is 3.88. The normalized spacial score (nSPS) is 9.90. The Morgan fingerprint density at radius 1 is 1.15 bits per heavy atom. The highest BCUT2D eigenvalue weighted by molar-refractivity contribution is 9.10. The minimum Gasteiger partial charge on any atom is -0.319 e. The Bertz CT molecular complexity index is 726. The first kappa shape index (κ1) is 14.2. The van der Waals surface area contributed by atoms with Crippen LogP contribution in [0.5, 0.6) is 0 Å². The molecule has 2 rings (SSSR count). The highest BCUT2D eigenvalue weighted by Crippen LogP contribution is 2.20. The molecule has 0 saturated heterocycles. The molecule has 0 aliphatic carbocycles. The van der Waals surface area contributed by atoms with E-state index >= 15 is 0 Å². The van der Waals surface area contributed by atoms with E-state index in [0.29, 0.717) is 4.47 Å². The molecule has 1 N–H and O–H groups in total. The van der Waals surface area contributed by atoms with Crippen LogP contribution in [0.3, 0.4) is 0 Å². The van der Waals surface area contributed by atoms with Crippen LogP contribution in [0.1, 0.15) is 15.9 Å². The lowest BCUT2D eigenvalue weighted by Gasteiger charge is -2.07. The summed E-state index contributed by atoms with van der Waals surface area (Å²) in [7, 11) is 0. The van der Waals surface area contributed by atoms with Crippen molar-refractivity contribution in [1.82, 2.24) is 0 Å². The van der Waals surface area contributed by atoms with Gasteiger partial charge in [-0.05, 0) is 36.4 Å². The fourth-order valence-corrected chi connectivity index (χ4v) is 1.88. The summed E-state index contributed by atoms with van der Waals surface area (Å²) < 4.78 is 27.7. The predicted octanol–water partition coefficient (Wildman–Crippen LogP) is 3.85. The van der Waals surface area contributed by atoms with Gasteiger partial charge in [0.1, 0.15) is 11.6 Å². The molecule has 0 fully saturated rings. The van der Waals surface area contributed by atoms with E-state index in [-0.39, 0.29) is 16.8 Å². The molecule has 20 heavy (non-hydrogen) atoms. The van der Waals surface area contributed by atoms with Gasteiger partial charge in [-0.15, -0.1) is 0 Å². The van der Waals surface area contributed by atoms with E-state index in [2.05, 4.69) is 21.2 Å². The number of halogens is 3. The van der Waals surface area contributed by atoms with Gasteiger partial charge in [0.2, 0.25) is 0 Å². The highest BCUT2D eigenvalue weighted by Gasteiger charge is 2.14. The van der Waals surface area contributed by atoms with Gasteiger partial charge >= 0.3 is 0 Å². The summed E-state index contributed by atoms with van der Waals surface area (Å²) in [4.78, 5) is 11.9. The number of nitrogens with zero attached hydrogens (tertiary/aromatic N) is 1. The third-order valence-corrected chi connectivity index (χ3v) is 3.02. The van der Waals surface area contributed by atoms with Crippen LogP contribution < -0.4 is 5.32 Å². The Balaban J connectivity index is 2.26. The van der Waals surface area contributed by atoms with E-state index in [1.807, 2.05) is 0 Å². The van der Waals surface area contributed by atoms with Crippen molar-refractivity contribution in [2.45, 2.75) is 0 Å². The van der Waals surface area contributed by atoms with Crippen molar-refractivity contribution < 1.29 is 13.6 Å². The molecule has 6 heteroatoms. The van der Waals surface area contributed by atoms with Crippen LogP contribution in [0.4, 0.5) is 14.5 Å². The third-order valence-electron chi connectivity index (χ3n) is 2.52. The molecule has 0 spiro atoms. The van der Waals surface area contributed by atoms with Gasteiger partial charge in [0.15, 0.2) is 0 Å². The Kier molecular flexibility index (Phi) is 4.11. The summed E-state index contributed by atoms with van der Waals surface area (Å²) in [5.41, 5.74) is -0.206. The third kappa shape index (κ3) is 3.00. The number of hydrogen-bond acceptors (Lipinski definition) is 2. The highest BCUT2D eigenvalue weighted by atomic mass is 79.9. The second kappa shape index (κ2) is 5.80. The largest absolute Gasteiger partial charge is 0.319 e. The summed E-state index contributed by atoms with van der Waals surface area (Å²) in [6, 6.07) is 9.30. The maximum atomic E-state index is 13.6. The quantitative estimate of drug-likeness (QED) is 0.905. The monoisotopic (exact) mass is 336 g/mol. The van der Waals surface area contributed by atoms with Crippen LogP contribution in [-0.4, -0.2) is 5.91 Å². The molecule has 100 valence electrons. The van der Waals surface area contributed by atoms with Crippen LogP contribution in [0.15, 0.2) is 40.9 Å². The van der Waals surface area contributed by atoms with E-state index in [1.54, 1.807) is 12.1 Å². The van der Waals surface area contributed by atoms with Crippen molar-refractivity contribution in [2.75, 3.05) is 5.32 Å². The summed E-state index contributed by atoms with van der Waals surface area (Å²) in [5.74, 6) is -2.26. The lowest BCUT2D eigenvalue weighted by Crippen LogP contribution is -2.14. The molecule has 0 atom stereocenters. The maximum absolute atomic E-state index is 13.6. The molecular weight excluding hydrogens is 330 g/mol. The molecule has 0 aliphatic heterocycles. The molecule has 2 aromatic rings. The second-order valence-corrected chi connectivity index (χ2v) is 4.80. The summed E-state index contributed by atoms with van der Waals surface area (Å²) in [6.07, 6.45) is 0. The Hall–Kier alpha value is -2.26. The van der Waals surface area contributed by atoms with E-state index in [1.165, 1.54) is 24.3 Å². The van der Waals surface area contributed by atoms with Gasteiger partial charge < -0.3 is 5.32 Å². The van der Waals surface area contributed by atoms with Crippen LogP contribution in [0.25, 0.3) is 0 Å². The van der Waals surface area contributed by atoms with E-state index in [4.69, 9.17) is 5.26 Å². The number of nitriles is 1. The average molecular weight is 337 g/mol. The molecule has 2 aromatic carbocycles.